The number of hydrogen-bond acceptors (Lipinski definition) is 4. The van der Waals surface area contributed by atoms with Crippen LogP contribution in [0.4, 0.5) is 5.69 Å². The highest BCUT2D eigenvalue weighted by molar-refractivity contribution is 6.05. The number of aromatic hydroxyl groups is 2. The van der Waals surface area contributed by atoms with E-state index in [-0.39, 0.29) is 22.6 Å². The van der Waals surface area contributed by atoms with Crippen LogP contribution in [0.2, 0.25) is 0 Å². The third-order valence-electron chi connectivity index (χ3n) is 2.57. The van der Waals surface area contributed by atoms with Gasteiger partial charge in [0.1, 0.15) is 11.5 Å². The van der Waals surface area contributed by atoms with E-state index < -0.39 is 11.8 Å². The molecule has 0 unspecified atom stereocenters. The Balaban J connectivity index is 2.23. The number of primary amides is 1. The van der Waals surface area contributed by atoms with Gasteiger partial charge in [0.05, 0.1) is 0 Å². The molecule has 20 heavy (non-hydrogen) atoms. The Morgan fingerprint density at radius 3 is 2.20 bits per heavy atom. The van der Waals surface area contributed by atoms with Gasteiger partial charge in [-0.25, -0.2) is 0 Å². The maximum absolute atomic E-state index is 12.0. The maximum atomic E-state index is 12.0. The molecule has 102 valence electrons. The van der Waals surface area contributed by atoms with Gasteiger partial charge in [0.2, 0.25) is 5.91 Å². The topological polar surface area (TPSA) is 113 Å². The fourth-order valence-corrected chi connectivity index (χ4v) is 1.68. The molecule has 0 atom stereocenters. The highest BCUT2D eigenvalue weighted by Gasteiger charge is 2.10. The molecule has 5 N–H and O–H groups in total. The van der Waals surface area contributed by atoms with Crippen LogP contribution in [0.1, 0.15) is 20.7 Å². The van der Waals surface area contributed by atoms with E-state index >= 15 is 0 Å². The number of phenolic OH excluding ortho intramolecular Hbond substituents is 2. The molecule has 0 fully saturated rings. The van der Waals surface area contributed by atoms with Crippen molar-refractivity contribution in [1.82, 2.24) is 0 Å². The molecule has 0 saturated carbocycles. The molecule has 2 rings (SSSR count). The van der Waals surface area contributed by atoms with Crippen LogP contribution >= 0.6 is 0 Å². The maximum Gasteiger partial charge on any atom is 0.255 e. The number of nitrogens with one attached hydrogen (secondary N) is 1. The average molecular weight is 272 g/mol. The molecule has 0 spiro atoms. The number of amides is 2. The van der Waals surface area contributed by atoms with Gasteiger partial charge in [-0.1, -0.05) is 6.07 Å². The smallest absolute Gasteiger partial charge is 0.255 e. The van der Waals surface area contributed by atoms with E-state index in [1.165, 1.54) is 24.3 Å². The van der Waals surface area contributed by atoms with Crippen LogP contribution in [0, 0.1) is 0 Å². The Hall–Kier alpha value is -3.02. The molecule has 0 saturated heterocycles. The molecule has 2 aromatic rings. The minimum Gasteiger partial charge on any atom is -0.508 e. The van der Waals surface area contributed by atoms with Gasteiger partial charge in [-0.3, -0.25) is 9.59 Å². The van der Waals surface area contributed by atoms with Gasteiger partial charge in [-0.15, -0.1) is 0 Å². The van der Waals surface area contributed by atoms with Crippen molar-refractivity contribution in [2.45, 2.75) is 0 Å². The van der Waals surface area contributed by atoms with Crippen LogP contribution in [0.15, 0.2) is 42.5 Å². The summed E-state index contributed by atoms with van der Waals surface area (Å²) >= 11 is 0. The Kier molecular flexibility index (Phi) is 3.56. The van der Waals surface area contributed by atoms with E-state index in [2.05, 4.69) is 5.32 Å². The van der Waals surface area contributed by atoms with Crippen molar-refractivity contribution in [3.05, 3.63) is 53.6 Å². The number of hydrogen-bond donors (Lipinski definition) is 4. The molecule has 0 radical (unpaired) electrons. The molecule has 0 heterocycles. The molecule has 6 heteroatoms. The molecule has 2 amide bonds. The van der Waals surface area contributed by atoms with E-state index in [1.54, 1.807) is 12.1 Å². The molecule has 0 bridgehead atoms. The second-order valence-electron chi connectivity index (χ2n) is 4.14. The zero-order valence-electron chi connectivity index (χ0n) is 10.3. The number of nitrogens with two attached hydrogens (primary N) is 1. The summed E-state index contributed by atoms with van der Waals surface area (Å²) in [5, 5.41) is 21.2. The highest BCUT2D eigenvalue weighted by atomic mass is 16.3. The second kappa shape index (κ2) is 5.31. The molecule has 0 aliphatic heterocycles. The number of phenols is 2. The predicted molar refractivity (Wildman–Crippen MR) is 72.7 cm³/mol. The zero-order valence-corrected chi connectivity index (χ0v) is 10.3. The van der Waals surface area contributed by atoms with E-state index in [9.17, 15) is 19.8 Å². The van der Waals surface area contributed by atoms with Crippen molar-refractivity contribution in [1.29, 1.82) is 0 Å². The van der Waals surface area contributed by atoms with Gasteiger partial charge in [0.15, 0.2) is 0 Å². The molecular weight excluding hydrogens is 260 g/mol. The number of carbonyl (C=O) groups excluding carboxylic acids is 2. The Morgan fingerprint density at radius 1 is 0.950 bits per heavy atom. The fourth-order valence-electron chi connectivity index (χ4n) is 1.68. The summed E-state index contributed by atoms with van der Waals surface area (Å²) < 4.78 is 0. The average Bonchev–Trinajstić information content (AvgIpc) is 2.37. The predicted octanol–water partition coefficient (Wildman–Crippen LogP) is 1.45. The zero-order chi connectivity index (χ0) is 14.7. The van der Waals surface area contributed by atoms with Crippen molar-refractivity contribution >= 4 is 17.5 Å². The molecule has 2 aromatic carbocycles. The van der Waals surface area contributed by atoms with Gasteiger partial charge in [-0.05, 0) is 30.3 Å². The van der Waals surface area contributed by atoms with E-state index in [0.717, 1.165) is 6.07 Å². The summed E-state index contributed by atoms with van der Waals surface area (Å²) in [5.74, 6) is -1.57. The number of anilines is 1. The molecular formula is C14H12N2O4. The first kappa shape index (κ1) is 13.4. The first-order chi connectivity index (χ1) is 9.45. The first-order valence-corrected chi connectivity index (χ1v) is 5.70. The fraction of sp³-hybridized carbons (Fsp3) is 0. The Bertz CT molecular complexity index is 662. The number of carbonyl (C=O) groups is 2. The summed E-state index contributed by atoms with van der Waals surface area (Å²) in [7, 11) is 0. The van der Waals surface area contributed by atoms with Crippen LogP contribution in [0.3, 0.4) is 0 Å². The molecule has 0 aliphatic rings. The minimum absolute atomic E-state index is 0.0898. The van der Waals surface area contributed by atoms with Crippen molar-refractivity contribution in [2.24, 2.45) is 5.73 Å². The second-order valence-corrected chi connectivity index (χ2v) is 4.14. The van der Waals surface area contributed by atoms with Gasteiger partial charge in [-0.2, -0.15) is 0 Å². The summed E-state index contributed by atoms with van der Waals surface area (Å²) in [6, 6.07) is 9.67. The lowest BCUT2D eigenvalue weighted by molar-refractivity contribution is 0.0996. The van der Waals surface area contributed by atoms with Gasteiger partial charge in [0, 0.05) is 22.9 Å². The van der Waals surface area contributed by atoms with Crippen molar-refractivity contribution < 1.29 is 19.8 Å². The van der Waals surface area contributed by atoms with Crippen LogP contribution < -0.4 is 11.1 Å². The van der Waals surface area contributed by atoms with E-state index in [0.29, 0.717) is 5.69 Å². The SMILES string of the molecule is NC(=O)c1cccc(NC(=O)c2cc(O)cc(O)c2)c1. The highest BCUT2D eigenvalue weighted by Crippen LogP contribution is 2.21. The first-order valence-electron chi connectivity index (χ1n) is 5.70. The van der Waals surface area contributed by atoms with Crippen LogP contribution in [-0.4, -0.2) is 22.0 Å². The number of rotatable bonds is 3. The Morgan fingerprint density at radius 2 is 1.60 bits per heavy atom. The molecule has 6 nitrogen and oxygen atoms in total. The lowest BCUT2D eigenvalue weighted by Crippen LogP contribution is -2.14. The summed E-state index contributed by atoms with van der Waals surface area (Å²) in [5.41, 5.74) is 5.89. The third-order valence-corrected chi connectivity index (χ3v) is 2.57. The minimum atomic E-state index is -0.601. The van der Waals surface area contributed by atoms with Crippen LogP contribution in [0.5, 0.6) is 11.5 Å². The van der Waals surface area contributed by atoms with E-state index in [1.807, 2.05) is 0 Å². The Labute approximate surface area is 114 Å². The summed E-state index contributed by atoms with van der Waals surface area (Å²) in [6.07, 6.45) is 0. The largest absolute Gasteiger partial charge is 0.508 e. The standard InChI is InChI=1S/C14H12N2O4/c15-13(19)8-2-1-3-10(4-8)16-14(20)9-5-11(17)7-12(18)6-9/h1-7,17-18H,(H2,15,19)(H,16,20). The molecule has 0 aromatic heterocycles. The quantitative estimate of drug-likeness (QED) is 0.677. The number of benzene rings is 2. The monoisotopic (exact) mass is 272 g/mol. The van der Waals surface area contributed by atoms with E-state index in [4.69, 9.17) is 5.73 Å². The molecule has 0 aliphatic carbocycles. The van der Waals surface area contributed by atoms with Crippen molar-refractivity contribution in [3.63, 3.8) is 0 Å². The lowest BCUT2D eigenvalue weighted by atomic mass is 10.1. The van der Waals surface area contributed by atoms with Crippen LogP contribution in [0.25, 0.3) is 0 Å². The van der Waals surface area contributed by atoms with Gasteiger partial charge >= 0.3 is 0 Å². The van der Waals surface area contributed by atoms with Crippen LogP contribution in [-0.2, 0) is 0 Å². The van der Waals surface area contributed by atoms with Crippen molar-refractivity contribution in [3.8, 4) is 11.5 Å². The normalized spacial score (nSPS) is 10.0. The van der Waals surface area contributed by atoms with Crippen molar-refractivity contribution in [2.75, 3.05) is 5.32 Å². The third kappa shape index (κ3) is 3.05. The lowest BCUT2D eigenvalue weighted by Gasteiger charge is -2.07. The summed E-state index contributed by atoms with van der Waals surface area (Å²) in [6.45, 7) is 0. The summed E-state index contributed by atoms with van der Waals surface area (Å²) in [4.78, 5) is 23.0. The van der Waals surface area contributed by atoms with Gasteiger partial charge in [0.25, 0.3) is 5.91 Å². The van der Waals surface area contributed by atoms with Gasteiger partial charge < -0.3 is 21.3 Å².